The molecule has 2 aliphatic rings. The van der Waals surface area contributed by atoms with Gasteiger partial charge in [0.1, 0.15) is 17.1 Å². The first-order valence-electron chi connectivity index (χ1n) is 16.6. The zero-order chi connectivity index (χ0) is 31.5. The molecule has 0 N–H and O–H groups in total. The lowest BCUT2D eigenvalue weighted by Crippen LogP contribution is -2.38. The van der Waals surface area contributed by atoms with E-state index in [1.165, 1.54) is 41.4 Å². The molecule has 5 nitrogen and oxygen atoms in total. The fourth-order valence-corrected chi connectivity index (χ4v) is 15.4. The van der Waals surface area contributed by atoms with Gasteiger partial charge in [0, 0.05) is 0 Å². The van der Waals surface area contributed by atoms with Crippen molar-refractivity contribution < 1.29 is 21.9 Å². The Morgan fingerprint density at radius 1 is 0.674 bits per heavy atom. The summed E-state index contributed by atoms with van der Waals surface area (Å²) in [6, 6.07) is 8.76. The maximum Gasteiger partial charge on any atom is 0.296 e. The van der Waals surface area contributed by atoms with Crippen LogP contribution in [0.2, 0.25) is 0 Å². The van der Waals surface area contributed by atoms with Crippen molar-refractivity contribution in [3.8, 4) is 22.6 Å². The number of benzene rings is 2. The van der Waals surface area contributed by atoms with Gasteiger partial charge in [0.05, 0.1) is 26.0 Å². The first-order valence-corrected chi connectivity index (χ1v) is 20.2. The molecule has 0 atom stereocenters. The Morgan fingerprint density at radius 3 is 1.49 bits per heavy atom. The van der Waals surface area contributed by atoms with Crippen LogP contribution in [-0.4, -0.2) is 40.2 Å². The maximum absolute atomic E-state index is 13.5. The Balaban J connectivity index is 2.25. The lowest BCUT2D eigenvalue weighted by atomic mass is 9.81. The van der Waals surface area contributed by atoms with Crippen LogP contribution in [-0.2, 0) is 14.1 Å². The molecule has 0 spiro atoms. The van der Waals surface area contributed by atoms with Crippen molar-refractivity contribution in [3.05, 3.63) is 41.0 Å². The zero-order valence-corrected chi connectivity index (χ0v) is 29.9. The lowest BCUT2D eigenvalue weighted by molar-refractivity contribution is 0.404. The highest BCUT2D eigenvalue weighted by Crippen LogP contribution is 2.75. The predicted octanol–water partition coefficient (Wildman–Crippen LogP) is 9.94. The highest BCUT2D eigenvalue weighted by molar-refractivity contribution is 7.96. The molecule has 43 heavy (non-hydrogen) atoms. The van der Waals surface area contributed by atoms with Gasteiger partial charge in [0.15, 0.2) is 11.1 Å². The Kier molecular flexibility index (Phi) is 11.3. The summed E-state index contributed by atoms with van der Waals surface area (Å²) >= 11 is 0. The molecule has 0 saturated heterocycles. The molecule has 0 radical (unpaired) electrons. The van der Waals surface area contributed by atoms with E-state index < -0.39 is 17.6 Å². The van der Waals surface area contributed by atoms with Gasteiger partial charge >= 0.3 is 0 Å². The van der Waals surface area contributed by atoms with Gasteiger partial charge in [0.25, 0.3) is 10.1 Å². The van der Waals surface area contributed by atoms with Gasteiger partial charge in [-0.15, -0.1) is 3.97 Å². The highest BCUT2D eigenvalue weighted by Gasteiger charge is 2.62. The monoisotopic (exact) mass is 631 g/mol. The third-order valence-electron chi connectivity index (χ3n) is 9.77. The Bertz CT molecular complexity index is 1300. The molecule has 2 aliphatic carbocycles. The van der Waals surface area contributed by atoms with E-state index in [9.17, 15) is 8.42 Å². The quantitative estimate of drug-likeness (QED) is 0.231. The first-order chi connectivity index (χ1) is 20.4. The Labute approximate surface area is 263 Å². The lowest BCUT2D eigenvalue weighted by Gasteiger charge is -2.41. The molecule has 0 heterocycles. The van der Waals surface area contributed by atoms with E-state index in [2.05, 4.69) is 53.7 Å². The largest absolute Gasteiger partial charge is 0.496 e. The van der Waals surface area contributed by atoms with Crippen molar-refractivity contribution in [1.29, 1.82) is 0 Å². The second-order valence-corrected chi connectivity index (χ2v) is 19.1. The van der Waals surface area contributed by atoms with Crippen LogP contribution in [0.15, 0.2) is 24.3 Å². The Hall–Kier alpha value is -1.62. The van der Waals surface area contributed by atoms with E-state index >= 15 is 0 Å². The topological polar surface area (TPSA) is 61.8 Å². The van der Waals surface area contributed by atoms with E-state index in [1.54, 1.807) is 14.2 Å². The third-order valence-corrected chi connectivity index (χ3v) is 16.2. The summed E-state index contributed by atoms with van der Waals surface area (Å²) in [5.41, 5.74) is 6.37. The van der Waals surface area contributed by atoms with Gasteiger partial charge in [-0.3, -0.25) is 0 Å². The molecule has 4 rings (SSSR count). The van der Waals surface area contributed by atoms with Crippen molar-refractivity contribution in [2.75, 3.05) is 20.5 Å². The molecule has 240 valence electrons. The first kappa shape index (κ1) is 34.3. The van der Waals surface area contributed by atoms with E-state index in [1.807, 2.05) is 12.1 Å². The SMILES string of the molecule is COc1ccc(OC)c([P+](OS(C)(=O)=O)(C2CCCCC2)C2CCCCC2)c1-c1c(C(C)C)cc(C(C)C)cc1C(C)C. The maximum atomic E-state index is 13.5. The van der Waals surface area contributed by atoms with Crippen LogP contribution >= 0.6 is 7.49 Å². The summed E-state index contributed by atoms with van der Waals surface area (Å²) in [4.78, 5) is 0. The zero-order valence-electron chi connectivity index (χ0n) is 28.2. The van der Waals surface area contributed by atoms with Crippen LogP contribution in [0.3, 0.4) is 0 Å². The van der Waals surface area contributed by atoms with E-state index in [4.69, 9.17) is 13.4 Å². The number of hydrogen-bond donors (Lipinski definition) is 0. The van der Waals surface area contributed by atoms with Crippen LogP contribution in [0.1, 0.15) is 140 Å². The number of hydrogen-bond acceptors (Lipinski definition) is 5. The fourth-order valence-electron chi connectivity index (χ4n) is 7.70. The van der Waals surface area contributed by atoms with E-state index in [-0.39, 0.29) is 23.2 Å². The summed E-state index contributed by atoms with van der Waals surface area (Å²) < 4.78 is 46.3. The molecule has 2 saturated carbocycles. The minimum atomic E-state index is -3.79. The molecule has 2 aromatic carbocycles. The number of rotatable bonds is 11. The molecule has 0 bridgehead atoms. The van der Waals surface area contributed by atoms with Gasteiger partial charge in [-0.25, -0.2) is 0 Å². The van der Waals surface area contributed by atoms with E-state index in [0.717, 1.165) is 73.7 Å². The van der Waals surface area contributed by atoms with Gasteiger partial charge in [-0.2, -0.15) is 8.42 Å². The summed E-state index contributed by atoms with van der Waals surface area (Å²) in [6.45, 7) is 13.6. The number of ether oxygens (including phenoxy) is 2. The second kappa shape index (κ2) is 14.2. The number of methoxy groups -OCH3 is 2. The standard InChI is InChI=1S/C36H56O5PS/c1-24(2)27-22-30(25(3)4)34(31(23-27)26(5)6)35-32(39-7)20-21-33(40-8)36(35)42(41-43(9,37)38,28-16-12-10-13-17-28)29-18-14-11-15-19-29/h20-26,28-29H,10-19H2,1-9H3/q+1. The van der Waals surface area contributed by atoms with Crippen LogP contribution in [0.25, 0.3) is 11.1 Å². The van der Waals surface area contributed by atoms with E-state index in [0.29, 0.717) is 5.92 Å². The molecule has 2 fully saturated rings. The van der Waals surface area contributed by atoms with Crippen molar-refractivity contribution in [2.24, 2.45) is 0 Å². The van der Waals surface area contributed by atoms with Crippen molar-refractivity contribution >= 4 is 22.9 Å². The summed E-state index contributed by atoms with van der Waals surface area (Å²) in [7, 11) is -3.17. The Morgan fingerprint density at radius 2 is 1.12 bits per heavy atom. The smallest absolute Gasteiger partial charge is 0.296 e. The molecule has 0 unspecified atom stereocenters. The molecule has 7 heteroatoms. The molecule has 2 aromatic rings. The minimum absolute atomic E-state index is 0.166. The van der Waals surface area contributed by atoms with Gasteiger partial charge in [0.2, 0.25) is 7.49 Å². The van der Waals surface area contributed by atoms with Gasteiger partial charge in [-0.1, -0.05) is 66.5 Å². The van der Waals surface area contributed by atoms with Crippen molar-refractivity contribution in [3.63, 3.8) is 0 Å². The normalized spacial score (nSPS) is 17.7. The molecular formula is C36H56O5PS+. The fraction of sp³-hybridized carbons (Fsp3) is 0.667. The summed E-state index contributed by atoms with van der Waals surface area (Å²) in [6.07, 6.45) is 12.0. The second-order valence-electron chi connectivity index (χ2n) is 13.8. The minimum Gasteiger partial charge on any atom is -0.496 e. The average molecular weight is 632 g/mol. The van der Waals surface area contributed by atoms with Crippen molar-refractivity contribution in [1.82, 2.24) is 0 Å². The van der Waals surface area contributed by atoms with Gasteiger partial charge in [-0.05, 0) is 104 Å². The predicted molar refractivity (Wildman–Crippen MR) is 183 cm³/mol. The highest BCUT2D eigenvalue weighted by atomic mass is 32.2. The van der Waals surface area contributed by atoms with Crippen LogP contribution in [0.4, 0.5) is 0 Å². The third kappa shape index (κ3) is 7.12. The summed E-state index contributed by atoms with van der Waals surface area (Å²) in [5, 5.41) is 0.986. The van der Waals surface area contributed by atoms with Crippen LogP contribution in [0.5, 0.6) is 11.5 Å². The molecule has 0 amide bonds. The molecule has 0 aromatic heterocycles. The van der Waals surface area contributed by atoms with Gasteiger partial charge < -0.3 is 9.47 Å². The van der Waals surface area contributed by atoms with Crippen molar-refractivity contribution in [2.45, 2.75) is 135 Å². The van der Waals surface area contributed by atoms with Crippen LogP contribution < -0.4 is 14.8 Å². The molecular weight excluding hydrogens is 575 g/mol. The summed E-state index contributed by atoms with van der Waals surface area (Å²) in [5.74, 6) is 2.40. The van der Waals surface area contributed by atoms with Crippen LogP contribution in [0, 0.1) is 0 Å². The average Bonchev–Trinajstić information content (AvgIpc) is 2.98. The molecule has 0 aliphatic heterocycles.